The lowest BCUT2D eigenvalue weighted by Gasteiger charge is -2.28. The molecule has 13 rings (SSSR count). The molecular weight excluding hydrogens is 837 g/mol. The number of nitrogens with zero attached hydrogens (tertiary/aromatic N) is 2. The van der Waals surface area contributed by atoms with Gasteiger partial charge < -0.3 is 13.9 Å². The van der Waals surface area contributed by atoms with Crippen molar-refractivity contribution in [3.63, 3.8) is 0 Å². The van der Waals surface area contributed by atoms with Gasteiger partial charge in [0, 0.05) is 49.6 Å². The van der Waals surface area contributed by atoms with Gasteiger partial charge in [-0.25, -0.2) is 0 Å². The van der Waals surface area contributed by atoms with Gasteiger partial charge in [-0.15, -0.1) is 0 Å². The van der Waals surface area contributed by atoms with Crippen molar-refractivity contribution in [2.75, 3.05) is 4.90 Å². The van der Waals surface area contributed by atoms with Crippen molar-refractivity contribution >= 4 is 60.8 Å². The number of hydrogen-bond acceptors (Lipinski definition) is 2. The molecule has 0 aliphatic heterocycles. The van der Waals surface area contributed by atoms with Gasteiger partial charge >= 0.3 is 0 Å². The summed E-state index contributed by atoms with van der Waals surface area (Å²) in [5, 5.41) is 4.75. The first kappa shape index (κ1) is 40.1. The topological polar surface area (TPSA) is 21.3 Å². The lowest BCUT2D eigenvalue weighted by atomic mass is 9.96. The van der Waals surface area contributed by atoms with Crippen molar-refractivity contribution < 1.29 is 4.42 Å². The van der Waals surface area contributed by atoms with Crippen LogP contribution in [-0.2, 0) is 0 Å². The fourth-order valence-corrected chi connectivity index (χ4v) is 10.4. The minimum absolute atomic E-state index is 0.903. The number of aromatic nitrogens is 1. The Balaban J connectivity index is 0.934. The van der Waals surface area contributed by atoms with E-state index < -0.39 is 0 Å². The zero-order valence-corrected chi connectivity index (χ0v) is 37.7. The lowest BCUT2D eigenvalue weighted by molar-refractivity contribution is 0.670. The number of para-hydroxylation sites is 6. The number of benzene rings is 11. The average Bonchev–Trinajstić information content (AvgIpc) is 3.98. The summed E-state index contributed by atoms with van der Waals surface area (Å²) in [6, 6.07) is 96.1. The number of furan rings is 1. The molecule has 69 heavy (non-hydrogen) atoms. The second-order valence-electron chi connectivity index (χ2n) is 17.6. The smallest absolute Gasteiger partial charge is 0.143 e. The van der Waals surface area contributed by atoms with E-state index in [1.54, 1.807) is 0 Å². The fraction of sp³-hybridized carbons (Fsp3) is 0. The van der Waals surface area contributed by atoms with Gasteiger partial charge in [0.1, 0.15) is 11.2 Å². The fourth-order valence-electron chi connectivity index (χ4n) is 10.4. The van der Waals surface area contributed by atoms with E-state index >= 15 is 0 Å². The second-order valence-corrected chi connectivity index (χ2v) is 17.6. The van der Waals surface area contributed by atoms with E-state index in [0.717, 1.165) is 89.2 Å². The molecule has 0 aliphatic carbocycles. The number of hydrogen-bond donors (Lipinski definition) is 0. The Kier molecular flexibility index (Phi) is 9.84. The molecule has 0 saturated carbocycles. The highest BCUT2D eigenvalue weighted by molar-refractivity contribution is 6.11. The van der Waals surface area contributed by atoms with Crippen LogP contribution in [0.5, 0.6) is 0 Å². The molecular formula is C66H44N2O. The van der Waals surface area contributed by atoms with Crippen molar-refractivity contribution in [2.24, 2.45) is 0 Å². The van der Waals surface area contributed by atoms with E-state index in [-0.39, 0.29) is 0 Å². The maximum atomic E-state index is 6.47. The third-order valence-electron chi connectivity index (χ3n) is 13.6. The van der Waals surface area contributed by atoms with E-state index in [9.17, 15) is 0 Å². The van der Waals surface area contributed by atoms with E-state index in [2.05, 4.69) is 264 Å². The Labute approximate surface area is 401 Å². The summed E-state index contributed by atoms with van der Waals surface area (Å²) in [6.07, 6.45) is 0. The molecule has 0 spiro atoms. The number of fused-ring (bicyclic) bond motifs is 6. The largest absolute Gasteiger partial charge is 0.455 e. The lowest BCUT2D eigenvalue weighted by Crippen LogP contribution is -2.11. The highest BCUT2D eigenvalue weighted by Crippen LogP contribution is 2.44. The third kappa shape index (κ3) is 7.08. The van der Waals surface area contributed by atoms with Crippen LogP contribution in [0.15, 0.2) is 271 Å². The zero-order valence-electron chi connectivity index (χ0n) is 37.7. The van der Waals surface area contributed by atoms with Crippen LogP contribution in [0.4, 0.5) is 17.1 Å². The highest BCUT2D eigenvalue weighted by atomic mass is 16.3. The molecule has 0 atom stereocenters. The molecule has 2 aromatic heterocycles. The molecule has 0 fully saturated rings. The molecule has 0 radical (unpaired) electrons. The molecule has 2 heterocycles. The molecule has 0 saturated heterocycles. The Hall–Kier alpha value is -9.18. The first-order valence-electron chi connectivity index (χ1n) is 23.6. The van der Waals surface area contributed by atoms with Crippen LogP contribution in [0.2, 0.25) is 0 Å². The van der Waals surface area contributed by atoms with E-state index in [1.807, 2.05) is 12.1 Å². The first-order valence-corrected chi connectivity index (χ1v) is 23.6. The van der Waals surface area contributed by atoms with Crippen molar-refractivity contribution in [1.82, 2.24) is 4.57 Å². The molecule has 0 aliphatic rings. The van der Waals surface area contributed by atoms with E-state index in [4.69, 9.17) is 4.42 Å². The van der Waals surface area contributed by atoms with Gasteiger partial charge in [0.15, 0.2) is 0 Å². The standard InChI is InChI=1S/C66H44N2O/c1-2-17-45(18-3-1)46-35-37-48(38-36-46)54-23-4-9-30-61(54)67(52-41-39-47(40-42-52)49-19-14-20-50(43-49)56-28-16-29-60-59-27-8-13-34-65(59)69-66(56)60)53-22-15-21-51(44-53)55-24-5-10-31-62(55)68-63-32-11-6-25-57(63)58-26-7-12-33-64(58)68/h1-44H. The Bertz CT molecular complexity index is 3960. The summed E-state index contributed by atoms with van der Waals surface area (Å²) in [4.78, 5) is 2.41. The minimum Gasteiger partial charge on any atom is -0.455 e. The third-order valence-corrected chi connectivity index (χ3v) is 13.6. The van der Waals surface area contributed by atoms with Crippen LogP contribution in [0.1, 0.15) is 0 Å². The Morgan fingerprint density at radius 2 is 0.797 bits per heavy atom. The van der Waals surface area contributed by atoms with Gasteiger partial charge in [0.05, 0.1) is 22.4 Å². The highest BCUT2D eigenvalue weighted by Gasteiger charge is 2.21. The molecule has 0 unspecified atom stereocenters. The monoisotopic (exact) mass is 880 g/mol. The molecule has 324 valence electrons. The van der Waals surface area contributed by atoms with Gasteiger partial charge in [-0.1, -0.05) is 206 Å². The molecule has 0 N–H and O–H groups in total. The molecule has 3 heteroatoms. The number of rotatable bonds is 9. The molecule has 3 nitrogen and oxygen atoms in total. The second kappa shape index (κ2) is 16.9. The predicted octanol–water partition coefficient (Wildman–Crippen LogP) is 18.5. The van der Waals surface area contributed by atoms with Gasteiger partial charge in [0.25, 0.3) is 0 Å². The first-order chi connectivity index (χ1) is 34.2. The van der Waals surface area contributed by atoms with Crippen LogP contribution in [0.3, 0.4) is 0 Å². The summed E-state index contributed by atoms with van der Waals surface area (Å²) in [6.45, 7) is 0. The van der Waals surface area contributed by atoms with Crippen LogP contribution >= 0.6 is 0 Å². The van der Waals surface area contributed by atoms with Crippen molar-refractivity contribution in [3.05, 3.63) is 267 Å². The van der Waals surface area contributed by atoms with E-state index in [1.165, 1.54) is 32.9 Å². The van der Waals surface area contributed by atoms with Crippen LogP contribution in [0.25, 0.3) is 105 Å². The van der Waals surface area contributed by atoms with Gasteiger partial charge in [-0.3, -0.25) is 0 Å². The zero-order chi connectivity index (χ0) is 45.7. The van der Waals surface area contributed by atoms with Crippen LogP contribution in [-0.4, -0.2) is 4.57 Å². The summed E-state index contributed by atoms with van der Waals surface area (Å²) in [5.74, 6) is 0. The molecule has 0 bridgehead atoms. The maximum absolute atomic E-state index is 6.47. The molecule has 13 aromatic rings. The minimum atomic E-state index is 0.903. The van der Waals surface area contributed by atoms with Gasteiger partial charge in [0.2, 0.25) is 0 Å². The van der Waals surface area contributed by atoms with Crippen LogP contribution in [0, 0.1) is 0 Å². The SMILES string of the molecule is c1ccc(-c2ccc(-c3ccccc3N(c3ccc(-c4cccc(-c5cccc6c5oc5ccccc56)c4)cc3)c3cccc(-c4ccccc4-n4c5ccccc5c5ccccc54)c3)cc2)cc1. The van der Waals surface area contributed by atoms with Crippen molar-refractivity contribution in [2.45, 2.75) is 0 Å². The van der Waals surface area contributed by atoms with Gasteiger partial charge in [-0.05, 0) is 99.6 Å². The summed E-state index contributed by atoms with van der Waals surface area (Å²) in [7, 11) is 0. The Morgan fingerprint density at radius 3 is 1.58 bits per heavy atom. The summed E-state index contributed by atoms with van der Waals surface area (Å²) < 4.78 is 8.89. The van der Waals surface area contributed by atoms with Gasteiger partial charge in [-0.2, -0.15) is 0 Å². The normalized spacial score (nSPS) is 11.5. The molecule has 11 aromatic carbocycles. The average molecular weight is 881 g/mol. The van der Waals surface area contributed by atoms with E-state index in [0.29, 0.717) is 0 Å². The van der Waals surface area contributed by atoms with Crippen molar-refractivity contribution in [1.29, 1.82) is 0 Å². The summed E-state index contributed by atoms with van der Waals surface area (Å²) in [5.41, 5.74) is 20.0. The summed E-state index contributed by atoms with van der Waals surface area (Å²) >= 11 is 0. The van der Waals surface area contributed by atoms with Crippen LogP contribution < -0.4 is 4.90 Å². The molecule has 0 amide bonds. The maximum Gasteiger partial charge on any atom is 0.143 e. The predicted molar refractivity (Wildman–Crippen MR) is 290 cm³/mol. The number of anilines is 3. The Morgan fingerprint density at radius 1 is 0.290 bits per heavy atom. The van der Waals surface area contributed by atoms with Crippen molar-refractivity contribution in [3.8, 4) is 61.3 Å². The quantitative estimate of drug-likeness (QED) is 0.144.